The summed E-state index contributed by atoms with van der Waals surface area (Å²) in [5.74, 6) is 1.41. The molecule has 4 aliphatic carbocycles. The summed E-state index contributed by atoms with van der Waals surface area (Å²) in [6, 6.07) is 3.67. The maximum absolute atomic E-state index is 15.2. The van der Waals surface area contributed by atoms with E-state index in [-0.39, 0.29) is 5.54 Å². The number of ether oxygens (including phenoxy) is 2. The molecule has 10 nitrogen and oxygen atoms in total. The molecule has 3 aromatic heterocycles. The Balaban J connectivity index is 1.12. The van der Waals surface area contributed by atoms with E-state index in [4.69, 9.17) is 9.47 Å². The Morgan fingerprint density at radius 1 is 1.29 bits per heavy atom. The van der Waals surface area contributed by atoms with Crippen molar-refractivity contribution < 1.29 is 18.7 Å². The molecule has 2 bridgehead atoms. The van der Waals surface area contributed by atoms with Gasteiger partial charge in [0.1, 0.15) is 17.9 Å². The van der Waals surface area contributed by atoms with Gasteiger partial charge in [-0.2, -0.15) is 5.10 Å². The Bertz CT molecular complexity index is 1220. The first-order valence-electron chi connectivity index (χ1n) is 11.7. The molecule has 11 heteroatoms. The third kappa shape index (κ3) is 3.67. The average molecular weight is 470 g/mol. The van der Waals surface area contributed by atoms with Crippen LogP contribution in [0.4, 0.5) is 21.0 Å². The molecule has 3 atom stereocenters. The summed E-state index contributed by atoms with van der Waals surface area (Å²) in [5.41, 5.74) is 2.92. The number of fused-ring (bicyclic) bond motifs is 1. The van der Waals surface area contributed by atoms with Crippen LogP contribution >= 0.6 is 0 Å². The van der Waals surface area contributed by atoms with Gasteiger partial charge in [0.2, 0.25) is 5.95 Å². The number of halogens is 1. The first-order chi connectivity index (χ1) is 16.4. The number of aryl methyl sites for hydroxylation is 1. The van der Waals surface area contributed by atoms with Crippen LogP contribution in [-0.2, 0) is 16.1 Å². The molecule has 0 aliphatic heterocycles. The summed E-state index contributed by atoms with van der Waals surface area (Å²) in [7, 11) is 1.62. The van der Waals surface area contributed by atoms with Crippen LogP contribution in [0.2, 0.25) is 0 Å². The standard InChI is InChI=1S/C23H28FN7O3/c1-12-5-19-26-14(11-33-2)10-31(19)21(25-12)27-18-6-16(29-30-18)15-3-4-17(20(15)24)34-22(32)28-23-7-13(8-23)9-23/h5-6,10,13,15,17,20H,3-4,7-9,11H2,1-2H3,(H,28,32)(H2,25,27,29,30)/t13?,15-,17-,20+,23?/m1/s1. The van der Waals surface area contributed by atoms with Crippen molar-refractivity contribution >= 4 is 23.5 Å². The molecule has 0 aromatic carbocycles. The second-order valence-corrected chi connectivity index (χ2v) is 9.90. The number of aromatic nitrogens is 5. The highest BCUT2D eigenvalue weighted by Crippen LogP contribution is 2.57. The summed E-state index contributed by atoms with van der Waals surface area (Å²) in [6.45, 7) is 2.29. The van der Waals surface area contributed by atoms with E-state index in [1.54, 1.807) is 13.2 Å². The minimum atomic E-state index is -1.29. The fraction of sp³-hybridized carbons (Fsp3) is 0.565. The normalized spacial score (nSPS) is 29.5. The van der Waals surface area contributed by atoms with E-state index >= 15 is 4.39 Å². The predicted molar refractivity (Wildman–Crippen MR) is 121 cm³/mol. The van der Waals surface area contributed by atoms with Crippen LogP contribution in [0, 0.1) is 12.8 Å². The van der Waals surface area contributed by atoms with Gasteiger partial charge in [0.25, 0.3) is 0 Å². The highest BCUT2D eigenvalue weighted by Gasteiger charge is 2.58. The number of imidazole rings is 1. The zero-order chi connectivity index (χ0) is 23.4. The van der Waals surface area contributed by atoms with Crippen LogP contribution in [0.5, 0.6) is 0 Å². The minimum Gasteiger partial charge on any atom is -0.443 e. The summed E-state index contributed by atoms with van der Waals surface area (Å²) < 4.78 is 27.7. The number of amides is 1. The van der Waals surface area contributed by atoms with Crippen molar-refractivity contribution in [3.8, 4) is 0 Å². The number of rotatable bonds is 7. The molecule has 3 heterocycles. The monoisotopic (exact) mass is 469 g/mol. The molecule has 1 amide bonds. The Hall–Kier alpha value is -3.21. The Morgan fingerprint density at radius 2 is 2.12 bits per heavy atom. The van der Waals surface area contributed by atoms with E-state index in [1.807, 2.05) is 23.6 Å². The lowest BCUT2D eigenvalue weighted by atomic mass is 9.50. The molecule has 0 saturated heterocycles. The zero-order valence-electron chi connectivity index (χ0n) is 19.2. The van der Waals surface area contributed by atoms with Crippen molar-refractivity contribution in [3.63, 3.8) is 0 Å². The van der Waals surface area contributed by atoms with Crippen LogP contribution < -0.4 is 10.6 Å². The first kappa shape index (κ1) is 21.3. The molecule has 4 aliphatic rings. The van der Waals surface area contributed by atoms with E-state index in [9.17, 15) is 4.79 Å². The van der Waals surface area contributed by atoms with Gasteiger partial charge < -0.3 is 20.1 Å². The topological polar surface area (TPSA) is 118 Å². The van der Waals surface area contributed by atoms with E-state index in [2.05, 4.69) is 30.8 Å². The number of nitrogens with zero attached hydrogens (tertiary/aromatic N) is 4. The average Bonchev–Trinajstić information content (AvgIpc) is 3.44. The lowest BCUT2D eigenvalue weighted by Crippen LogP contribution is -2.68. The summed E-state index contributed by atoms with van der Waals surface area (Å²) in [5, 5.41) is 13.4. The molecular weight excluding hydrogens is 441 g/mol. The molecule has 3 N–H and O–H groups in total. The molecule has 4 fully saturated rings. The zero-order valence-corrected chi connectivity index (χ0v) is 19.2. The quantitative estimate of drug-likeness (QED) is 0.485. The van der Waals surface area contributed by atoms with Gasteiger partial charge in [-0.15, -0.1) is 0 Å². The number of nitrogens with one attached hydrogen (secondary N) is 3. The highest BCUT2D eigenvalue weighted by molar-refractivity contribution is 5.69. The van der Waals surface area contributed by atoms with Gasteiger partial charge in [0.05, 0.1) is 12.3 Å². The van der Waals surface area contributed by atoms with Crippen molar-refractivity contribution in [2.24, 2.45) is 5.92 Å². The Labute approximate surface area is 195 Å². The van der Waals surface area contributed by atoms with E-state index in [0.717, 1.165) is 42.2 Å². The van der Waals surface area contributed by atoms with Crippen LogP contribution in [-0.4, -0.2) is 55.6 Å². The number of alkyl halides is 1. The molecule has 3 aromatic rings. The van der Waals surface area contributed by atoms with E-state index < -0.39 is 24.3 Å². The van der Waals surface area contributed by atoms with Gasteiger partial charge in [-0.3, -0.25) is 9.50 Å². The van der Waals surface area contributed by atoms with Gasteiger partial charge in [0, 0.05) is 48.3 Å². The smallest absolute Gasteiger partial charge is 0.407 e. The third-order valence-electron chi connectivity index (χ3n) is 7.33. The fourth-order valence-electron chi connectivity index (χ4n) is 5.55. The number of alkyl carbamates (subject to hydrolysis) is 1. The lowest BCUT2D eigenvalue weighted by Gasteiger charge is -2.61. The summed E-state index contributed by atoms with van der Waals surface area (Å²) >= 11 is 0. The van der Waals surface area contributed by atoms with Crippen molar-refractivity contribution in [2.75, 3.05) is 12.4 Å². The molecule has 0 radical (unpaired) electrons. The number of hydrogen-bond acceptors (Lipinski definition) is 7. The van der Waals surface area contributed by atoms with Crippen LogP contribution in [0.1, 0.15) is 55.1 Å². The number of carbonyl (C=O) groups excluding carboxylic acids is 1. The molecule has 0 spiro atoms. The first-order valence-corrected chi connectivity index (χ1v) is 11.7. The number of H-pyrrole nitrogens is 1. The maximum atomic E-state index is 15.2. The maximum Gasteiger partial charge on any atom is 0.407 e. The van der Waals surface area contributed by atoms with Gasteiger partial charge in [0.15, 0.2) is 5.82 Å². The largest absolute Gasteiger partial charge is 0.443 e. The van der Waals surface area contributed by atoms with Gasteiger partial charge in [-0.05, 0) is 44.9 Å². The molecular formula is C23H28FN7O3. The second kappa shape index (κ2) is 7.93. The molecule has 180 valence electrons. The third-order valence-corrected chi connectivity index (χ3v) is 7.33. The van der Waals surface area contributed by atoms with Crippen molar-refractivity contribution in [1.29, 1.82) is 0 Å². The fourth-order valence-corrected chi connectivity index (χ4v) is 5.55. The summed E-state index contributed by atoms with van der Waals surface area (Å²) in [4.78, 5) is 21.4. The number of hydrogen-bond donors (Lipinski definition) is 3. The van der Waals surface area contributed by atoms with Crippen molar-refractivity contribution in [3.05, 3.63) is 35.4 Å². The van der Waals surface area contributed by atoms with Crippen LogP contribution in [0.25, 0.3) is 5.65 Å². The lowest BCUT2D eigenvalue weighted by molar-refractivity contribution is -0.0532. The second-order valence-electron chi connectivity index (χ2n) is 9.90. The van der Waals surface area contributed by atoms with Crippen LogP contribution in [0.15, 0.2) is 18.3 Å². The molecule has 34 heavy (non-hydrogen) atoms. The van der Waals surface area contributed by atoms with Gasteiger partial charge in [-0.25, -0.2) is 19.2 Å². The Kier molecular flexibility index (Phi) is 4.98. The van der Waals surface area contributed by atoms with Gasteiger partial charge >= 0.3 is 6.09 Å². The summed E-state index contributed by atoms with van der Waals surface area (Å²) in [6.07, 6.45) is 3.43. The number of carbonyl (C=O) groups is 1. The predicted octanol–water partition coefficient (Wildman–Crippen LogP) is 3.51. The van der Waals surface area contributed by atoms with Gasteiger partial charge in [-0.1, -0.05) is 0 Å². The van der Waals surface area contributed by atoms with Crippen molar-refractivity contribution in [1.82, 2.24) is 29.9 Å². The highest BCUT2D eigenvalue weighted by atomic mass is 19.1. The van der Waals surface area contributed by atoms with E-state index in [0.29, 0.717) is 36.9 Å². The molecule has 4 saturated carbocycles. The minimum absolute atomic E-state index is 0.0790. The molecule has 7 rings (SSSR count). The number of methoxy groups -OCH3 is 1. The van der Waals surface area contributed by atoms with Crippen LogP contribution in [0.3, 0.4) is 0 Å². The molecule has 0 unspecified atom stereocenters. The Morgan fingerprint density at radius 3 is 2.85 bits per heavy atom. The SMILES string of the molecule is COCc1cn2c(Nc3cc([C@H]4CC[C@@H](OC(=O)NC56CC(C5)C6)[C@H]4F)[nH]n3)nc(C)cc2n1. The number of aromatic amines is 1. The van der Waals surface area contributed by atoms with Crippen molar-refractivity contribution in [2.45, 2.75) is 69.4 Å². The number of anilines is 2. The van der Waals surface area contributed by atoms with E-state index in [1.165, 1.54) is 0 Å².